The number of pyridine rings is 1. The fourth-order valence-electron chi connectivity index (χ4n) is 5.34. The molecule has 0 aliphatic carbocycles. The maximum atomic E-state index is 15.0. The van der Waals surface area contributed by atoms with Crippen molar-refractivity contribution in [2.24, 2.45) is 0 Å². The van der Waals surface area contributed by atoms with Gasteiger partial charge in [-0.05, 0) is 51.0 Å². The molecular weight excluding hydrogens is 516 g/mol. The predicted octanol–water partition coefficient (Wildman–Crippen LogP) is 5.37. The molecule has 9 nitrogen and oxygen atoms in total. The number of halogens is 2. The van der Waals surface area contributed by atoms with E-state index in [1.807, 2.05) is 38.3 Å². The Bertz CT molecular complexity index is 1520. The van der Waals surface area contributed by atoms with E-state index >= 15 is 0 Å². The lowest BCUT2D eigenvalue weighted by atomic mass is 9.94. The number of ether oxygens (including phenoxy) is 1. The first kappa shape index (κ1) is 27.7. The molecule has 1 aliphatic heterocycles. The molecule has 0 saturated carbocycles. The van der Waals surface area contributed by atoms with Crippen molar-refractivity contribution >= 4 is 29.1 Å². The topological polar surface area (TPSA) is 98.1 Å². The highest BCUT2D eigenvalue weighted by Gasteiger charge is 2.34. The number of aromatic nitrogens is 5. The van der Waals surface area contributed by atoms with Gasteiger partial charge >= 0.3 is 0 Å². The average molecular weight is 550 g/mol. The normalized spacial score (nSPS) is 18.0. The van der Waals surface area contributed by atoms with Gasteiger partial charge in [0, 0.05) is 43.9 Å². The quantitative estimate of drug-likeness (QED) is 0.278. The van der Waals surface area contributed by atoms with Crippen LogP contribution < -0.4 is 5.32 Å². The van der Waals surface area contributed by atoms with Gasteiger partial charge in [0.1, 0.15) is 29.1 Å². The van der Waals surface area contributed by atoms with Crippen molar-refractivity contribution in [2.75, 3.05) is 25.0 Å². The van der Waals surface area contributed by atoms with Crippen LogP contribution in [-0.4, -0.2) is 61.0 Å². The van der Waals surface area contributed by atoms with Gasteiger partial charge in [-0.1, -0.05) is 13.0 Å². The number of nitrogens with one attached hydrogen (secondary N) is 1. The number of benzene rings is 1. The highest BCUT2D eigenvalue weighted by atomic mass is 19.1. The van der Waals surface area contributed by atoms with Crippen molar-refractivity contribution in [1.82, 2.24) is 29.4 Å². The molecule has 1 atom stereocenters. The Kier molecular flexibility index (Phi) is 7.86. The molecule has 4 aromatic rings. The molecule has 11 heteroatoms. The number of nitrogens with zero attached hydrogens (tertiary/aromatic N) is 6. The van der Waals surface area contributed by atoms with Gasteiger partial charge in [0.05, 0.1) is 23.9 Å². The van der Waals surface area contributed by atoms with Gasteiger partial charge in [-0.25, -0.2) is 28.7 Å². The number of carbonyl (C=O) groups is 1. The number of imidazole rings is 1. The van der Waals surface area contributed by atoms with Gasteiger partial charge in [-0.15, -0.1) is 0 Å². The van der Waals surface area contributed by atoms with Gasteiger partial charge in [0.2, 0.25) is 5.95 Å². The lowest BCUT2D eigenvalue weighted by Gasteiger charge is -2.41. The van der Waals surface area contributed by atoms with E-state index in [4.69, 9.17) is 4.74 Å². The molecule has 0 bridgehead atoms. The first-order chi connectivity index (χ1) is 19.2. The van der Waals surface area contributed by atoms with E-state index in [0.29, 0.717) is 48.8 Å². The Balaban J connectivity index is 1.34. The molecular formula is C29H33F2N7O2. The summed E-state index contributed by atoms with van der Waals surface area (Å²) in [6.45, 7) is 10.5. The minimum absolute atomic E-state index is 0.0221. The number of carbonyl (C=O) groups excluding carboxylic acids is 1. The summed E-state index contributed by atoms with van der Waals surface area (Å²) < 4.78 is 37.7. The fourth-order valence-corrected chi connectivity index (χ4v) is 5.34. The zero-order valence-electron chi connectivity index (χ0n) is 23.1. The number of rotatable bonds is 9. The molecule has 210 valence electrons. The van der Waals surface area contributed by atoms with Crippen molar-refractivity contribution < 1.29 is 18.3 Å². The average Bonchev–Trinajstić information content (AvgIpc) is 3.28. The van der Waals surface area contributed by atoms with E-state index in [0.717, 1.165) is 31.0 Å². The van der Waals surface area contributed by atoms with Crippen molar-refractivity contribution in [2.45, 2.75) is 58.7 Å². The van der Waals surface area contributed by atoms with Crippen LogP contribution in [0.5, 0.6) is 0 Å². The lowest BCUT2D eigenvalue weighted by Crippen LogP contribution is -2.51. The molecule has 1 saturated heterocycles. The van der Waals surface area contributed by atoms with Crippen LogP contribution in [0.2, 0.25) is 0 Å². The van der Waals surface area contributed by atoms with Gasteiger partial charge < -0.3 is 19.4 Å². The molecule has 1 aliphatic rings. The fraction of sp³-hybridized carbons (Fsp3) is 0.414. The highest BCUT2D eigenvalue weighted by Crippen LogP contribution is 2.31. The third-order valence-corrected chi connectivity index (χ3v) is 7.36. The zero-order valence-corrected chi connectivity index (χ0v) is 23.1. The van der Waals surface area contributed by atoms with E-state index in [-0.39, 0.29) is 23.2 Å². The van der Waals surface area contributed by atoms with Crippen molar-refractivity contribution in [1.29, 1.82) is 0 Å². The first-order valence-electron chi connectivity index (χ1n) is 13.4. The second-order valence-electron chi connectivity index (χ2n) is 10.5. The minimum Gasteiger partial charge on any atom is -0.372 e. The SMILES string of the molecule is CCC1(CC=O)CN(Cc2ccc(Nc3ncc(F)c(-c4cc(F)c5nc(C)n(C(C)C)c5c4)n3)nc2)CCO1. The van der Waals surface area contributed by atoms with Gasteiger partial charge in [0.15, 0.2) is 11.6 Å². The predicted molar refractivity (Wildman–Crippen MR) is 148 cm³/mol. The standard InChI is InChI=1S/C29H33F2N7O2/c1-5-29(8-10-39)17-37(9-11-40-29)16-20-6-7-25(32-14-20)35-28-33-15-23(31)26(36-28)21-12-22(30)27-24(13-21)38(18(2)3)19(4)34-27/h6-7,10,12-15,18H,5,8-9,11,16-17H2,1-4H3,(H,32,33,35,36). The number of morpholine rings is 1. The molecule has 0 spiro atoms. The number of fused-ring (bicyclic) bond motifs is 1. The number of aldehydes is 1. The summed E-state index contributed by atoms with van der Waals surface area (Å²) in [6.07, 6.45) is 4.89. The second-order valence-corrected chi connectivity index (χ2v) is 10.5. The van der Waals surface area contributed by atoms with Crippen molar-refractivity contribution in [3.63, 3.8) is 0 Å². The largest absolute Gasteiger partial charge is 0.372 e. The van der Waals surface area contributed by atoms with Gasteiger partial charge in [-0.3, -0.25) is 4.90 Å². The van der Waals surface area contributed by atoms with Crippen LogP contribution in [0.15, 0.2) is 36.7 Å². The van der Waals surface area contributed by atoms with Crippen LogP contribution in [-0.2, 0) is 16.1 Å². The molecule has 5 rings (SSSR count). The Morgan fingerprint density at radius 2 is 1.98 bits per heavy atom. The van der Waals surface area contributed by atoms with Crippen molar-refractivity contribution in [3.05, 3.63) is 59.7 Å². The number of hydrogen-bond acceptors (Lipinski definition) is 8. The lowest BCUT2D eigenvalue weighted by molar-refractivity contribution is -0.132. The molecule has 1 aromatic carbocycles. The van der Waals surface area contributed by atoms with Crippen LogP contribution in [0.25, 0.3) is 22.3 Å². The summed E-state index contributed by atoms with van der Waals surface area (Å²) >= 11 is 0. The molecule has 1 unspecified atom stereocenters. The van der Waals surface area contributed by atoms with E-state index < -0.39 is 17.2 Å². The monoisotopic (exact) mass is 549 g/mol. The summed E-state index contributed by atoms with van der Waals surface area (Å²) in [6, 6.07) is 6.75. The van der Waals surface area contributed by atoms with Crippen LogP contribution in [0.3, 0.4) is 0 Å². The third kappa shape index (κ3) is 5.57. The molecule has 40 heavy (non-hydrogen) atoms. The summed E-state index contributed by atoms with van der Waals surface area (Å²) in [5, 5.41) is 3.01. The van der Waals surface area contributed by atoms with Gasteiger partial charge in [-0.2, -0.15) is 0 Å². The Labute approximate surface area is 231 Å². The second kappa shape index (κ2) is 11.3. The molecule has 1 fully saturated rings. The van der Waals surface area contributed by atoms with Crippen LogP contribution in [0.1, 0.15) is 51.0 Å². The maximum absolute atomic E-state index is 15.0. The Morgan fingerprint density at radius 3 is 2.67 bits per heavy atom. The van der Waals surface area contributed by atoms with Gasteiger partial charge in [0.25, 0.3) is 0 Å². The number of aryl methyl sites for hydroxylation is 1. The zero-order chi connectivity index (χ0) is 28.4. The first-order valence-corrected chi connectivity index (χ1v) is 13.4. The summed E-state index contributed by atoms with van der Waals surface area (Å²) in [7, 11) is 0. The Morgan fingerprint density at radius 1 is 1.15 bits per heavy atom. The van der Waals surface area contributed by atoms with E-state index in [9.17, 15) is 13.6 Å². The van der Waals surface area contributed by atoms with Crippen LogP contribution in [0.4, 0.5) is 20.5 Å². The van der Waals surface area contributed by atoms with Crippen molar-refractivity contribution in [3.8, 4) is 11.3 Å². The van der Waals surface area contributed by atoms with E-state index in [1.165, 1.54) is 6.07 Å². The third-order valence-electron chi connectivity index (χ3n) is 7.36. The summed E-state index contributed by atoms with van der Waals surface area (Å²) in [5.74, 6) is 0.105. The number of anilines is 2. The van der Waals surface area contributed by atoms with Crippen LogP contribution >= 0.6 is 0 Å². The highest BCUT2D eigenvalue weighted by molar-refractivity contribution is 5.83. The minimum atomic E-state index is -0.664. The number of hydrogen-bond donors (Lipinski definition) is 1. The van der Waals surface area contributed by atoms with E-state index in [2.05, 4.69) is 30.2 Å². The molecule has 3 aromatic heterocycles. The summed E-state index contributed by atoms with van der Waals surface area (Å²) in [4.78, 5) is 30.6. The molecule has 4 heterocycles. The maximum Gasteiger partial charge on any atom is 0.229 e. The van der Waals surface area contributed by atoms with E-state index in [1.54, 1.807) is 18.3 Å². The molecule has 1 N–H and O–H groups in total. The molecule has 0 amide bonds. The van der Waals surface area contributed by atoms with Crippen LogP contribution in [0, 0.1) is 18.6 Å². The summed E-state index contributed by atoms with van der Waals surface area (Å²) in [5.41, 5.74) is 1.66. The molecule has 0 radical (unpaired) electrons. The Hall–Kier alpha value is -3.83. The smallest absolute Gasteiger partial charge is 0.229 e.